The molecule has 1 aromatic rings. The lowest BCUT2D eigenvalue weighted by Crippen LogP contribution is -2.20. The van der Waals surface area contributed by atoms with E-state index in [1.807, 2.05) is 6.92 Å². The van der Waals surface area contributed by atoms with Crippen LogP contribution >= 0.6 is 15.9 Å². The number of nitrogens with zero attached hydrogens (tertiary/aromatic N) is 1. The van der Waals surface area contributed by atoms with Gasteiger partial charge in [0.2, 0.25) is 0 Å². The molecule has 17 heavy (non-hydrogen) atoms. The molecule has 0 aromatic carbocycles. The van der Waals surface area contributed by atoms with Gasteiger partial charge in [0, 0.05) is 13.5 Å². The summed E-state index contributed by atoms with van der Waals surface area (Å²) in [5.41, 5.74) is 0.705. The Kier molecular flexibility index (Phi) is 5.33. The molecule has 0 aliphatic carbocycles. The van der Waals surface area contributed by atoms with Crippen LogP contribution in [0.25, 0.3) is 0 Å². The summed E-state index contributed by atoms with van der Waals surface area (Å²) in [6, 6.07) is 0. The smallest absolute Gasteiger partial charge is 0.265 e. The van der Waals surface area contributed by atoms with Gasteiger partial charge < -0.3 is 9.72 Å². The molecule has 0 spiro atoms. The third-order valence-electron chi connectivity index (χ3n) is 2.47. The van der Waals surface area contributed by atoms with Gasteiger partial charge in [-0.3, -0.25) is 4.79 Å². The number of methoxy groups -OCH3 is 1. The van der Waals surface area contributed by atoms with Crippen molar-refractivity contribution in [1.29, 1.82) is 0 Å². The Bertz CT molecular complexity index is 429. The fourth-order valence-corrected chi connectivity index (χ4v) is 1.88. The Morgan fingerprint density at radius 1 is 1.35 bits per heavy atom. The number of halogens is 1. The highest BCUT2D eigenvalue weighted by molar-refractivity contribution is 9.10. The molecule has 1 rings (SSSR count). The van der Waals surface area contributed by atoms with Crippen LogP contribution in [0, 0.1) is 5.92 Å². The Balaban J connectivity index is 3.01. The monoisotopic (exact) mass is 302 g/mol. The Morgan fingerprint density at radius 2 is 2.00 bits per heavy atom. The first-order chi connectivity index (χ1) is 7.93. The lowest BCUT2D eigenvalue weighted by atomic mass is 10.1. The molecule has 0 bridgehead atoms. The summed E-state index contributed by atoms with van der Waals surface area (Å²) in [5.74, 6) is 1.15. The molecule has 1 unspecified atom stereocenters. The lowest BCUT2D eigenvalue weighted by Gasteiger charge is -2.11. The van der Waals surface area contributed by atoms with Gasteiger partial charge in [0.1, 0.15) is 10.3 Å². The van der Waals surface area contributed by atoms with Gasteiger partial charge in [-0.1, -0.05) is 13.8 Å². The number of rotatable bonds is 5. The molecule has 0 saturated heterocycles. The minimum absolute atomic E-state index is 0.0474. The average Bonchev–Trinajstić information content (AvgIpc) is 2.24. The zero-order valence-corrected chi connectivity index (χ0v) is 12.3. The number of aromatic amines is 1. The first kappa shape index (κ1) is 14.4. The molecule has 1 aromatic heterocycles. The fraction of sp³-hybridized carbons (Fsp3) is 0.667. The van der Waals surface area contributed by atoms with E-state index in [0.29, 0.717) is 22.6 Å². The Hall–Kier alpha value is -0.680. The minimum Gasteiger partial charge on any atom is -0.381 e. The van der Waals surface area contributed by atoms with E-state index in [1.54, 1.807) is 7.11 Å². The molecule has 0 aliphatic rings. The number of hydrogen-bond acceptors (Lipinski definition) is 3. The summed E-state index contributed by atoms with van der Waals surface area (Å²) in [5, 5.41) is 0. The summed E-state index contributed by atoms with van der Waals surface area (Å²) in [6.45, 7) is 6.16. The topological polar surface area (TPSA) is 55.0 Å². The van der Waals surface area contributed by atoms with Crippen LogP contribution in [-0.4, -0.2) is 23.2 Å². The number of nitrogens with one attached hydrogen (secondary N) is 1. The van der Waals surface area contributed by atoms with Crippen molar-refractivity contribution >= 4 is 15.9 Å². The molecule has 5 heteroatoms. The molecule has 1 heterocycles. The van der Waals surface area contributed by atoms with Crippen molar-refractivity contribution in [3.05, 3.63) is 26.3 Å². The van der Waals surface area contributed by atoms with Crippen LogP contribution < -0.4 is 5.56 Å². The zero-order chi connectivity index (χ0) is 13.0. The van der Waals surface area contributed by atoms with Gasteiger partial charge in [0.05, 0.1) is 11.8 Å². The van der Waals surface area contributed by atoms with E-state index in [4.69, 9.17) is 4.74 Å². The minimum atomic E-state index is -0.117. The first-order valence-electron chi connectivity index (χ1n) is 5.74. The van der Waals surface area contributed by atoms with Crippen molar-refractivity contribution in [2.45, 2.75) is 39.7 Å². The predicted molar refractivity (Wildman–Crippen MR) is 71.3 cm³/mol. The third kappa shape index (κ3) is 4.24. The van der Waals surface area contributed by atoms with Gasteiger partial charge >= 0.3 is 0 Å². The van der Waals surface area contributed by atoms with Crippen molar-refractivity contribution in [2.24, 2.45) is 5.92 Å². The van der Waals surface area contributed by atoms with Crippen molar-refractivity contribution in [3.63, 3.8) is 0 Å². The van der Waals surface area contributed by atoms with E-state index >= 15 is 0 Å². The second kappa shape index (κ2) is 6.31. The molecule has 0 saturated carbocycles. The van der Waals surface area contributed by atoms with E-state index in [0.717, 1.165) is 12.1 Å². The highest BCUT2D eigenvalue weighted by Gasteiger charge is 2.12. The van der Waals surface area contributed by atoms with Gasteiger partial charge in [-0.2, -0.15) is 0 Å². The van der Waals surface area contributed by atoms with Gasteiger partial charge in [-0.25, -0.2) is 4.98 Å². The quantitative estimate of drug-likeness (QED) is 0.908. The third-order valence-corrected chi connectivity index (χ3v) is 3.28. The normalized spacial score (nSPS) is 13.1. The van der Waals surface area contributed by atoms with Crippen molar-refractivity contribution in [1.82, 2.24) is 9.97 Å². The summed E-state index contributed by atoms with van der Waals surface area (Å²) in [7, 11) is 1.65. The largest absolute Gasteiger partial charge is 0.381 e. The van der Waals surface area contributed by atoms with E-state index in [1.165, 1.54) is 0 Å². The van der Waals surface area contributed by atoms with Gasteiger partial charge in [-0.15, -0.1) is 0 Å². The molecule has 0 radical (unpaired) electrons. The van der Waals surface area contributed by atoms with Gasteiger partial charge in [0.25, 0.3) is 5.56 Å². The maximum Gasteiger partial charge on any atom is 0.265 e. The van der Waals surface area contributed by atoms with Crippen LogP contribution in [0.1, 0.15) is 32.3 Å². The highest BCUT2D eigenvalue weighted by atomic mass is 79.9. The summed E-state index contributed by atoms with van der Waals surface area (Å²) in [6.07, 6.45) is 1.45. The van der Waals surface area contributed by atoms with Crippen molar-refractivity contribution in [2.75, 3.05) is 7.11 Å². The SMILES string of the molecule is COC(C)Cc1nc(CC(C)C)c(Br)c(=O)[nH]1. The number of hydrogen-bond donors (Lipinski definition) is 1. The zero-order valence-electron chi connectivity index (χ0n) is 10.7. The summed E-state index contributed by atoms with van der Waals surface area (Å²) >= 11 is 3.29. The van der Waals surface area contributed by atoms with Gasteiger partial charge in [-0.05, 0) is 35.2 Å². The Morgan fingerprint density at radius 3 is 2.53 bits per heavy atom. The summed E-state index contributed by atoms with van der Waals surface area (Å²) < 4.78 is 5.71. The molecule has 1 N–H and O–H groups in total. The molecule has 0 fully saturated rings. The summed E-state index contributed by atoms with van der Waals surface area (Å²) in [4.78, 5) is 19.0. The van der Waals surface area contributed by atoms with Crippen LogP contribution in [0.4, 0.5) is 0 Å². The second-order valence-corrected chi connectivity index (χ2v) is 5.41. The maximum absolute atomic E-state index is 11.7. The number of ether oxygens (including phenoxy) is 1. The molecule has 4 nitrogen and oxygen atoms in total. The van der Waals surface area contributed by atoms with Crippen LogP contribution in [0.15, 0.2) is 9.27 Å². The average molecular weight is 303 g/mol. The van der Waals surface area contributed by atoms with Crippen LogP contribution in [0.2, 0.25) is 0 Å². The molecule has 0 aliphatic heterocycles. The van der Waals surface area contributed by atoms with Gasteiger partial charge in [0.15, 0.2) is 0 Å². The molecular weight excluding hydrogens is 284 g/mol. The molecule has 96 valence electrons. The highest BCUT2D eigenvalue weighted by Crippen LogP contribution is 2.14. The van der Waals surface area contributed by atoms with Crippen molar-refractivity contribution < 1.29 is 4.74 Å². The van der Waals surface area contributed by atoms with E-state index in [-0.39, 0.29) is 11.7 Å². The first-order valence-corrected chi connectivity index (χ1v) is 6.53. The van der Waals surface area contributed by atoms with Crippen LogP contribution in [-0.2, 0) is 17.6 Å². The predicted octanol–water partition coefficient (Wildman–Crippen LogP) is 2.31. The Labute approximate surface area is 110 Å². The molecule has 0 amide bonds. The maximum atomic E-state index is 11.7. The molecular formula is C12H19BrN2O2. The number of H-pyrrole nitrogens is 1. The van der Waals surface area contributed by atoms with E-state index in [9.17, 15) is 4.79 Å². The lowest BCUT2D eigenvalue weighted by molar-refractivity contribution is 0.117. The van der Waals surface area contributed by atoms with E-state index < -0.39 is 0 Å². The van der Waals surface area contributed by atoms with E-state index in [2.05, 4.69) is 39.7 Å². The fourth-order valence-electron chi connectivity index (χ4n) is 1.53. The standard InChI is InChI=1S/C12H19BrN2O2/c1-7(2)5-9-11(13)12(16)15-10(14-9)6-8(3)17-4/h7-8H,5-6H2,1-4H3,(H,14,15,16). The van der Waals surface area contributed by atoms with Crippen LogP contribution in [0.3, 0.4) is 0 Å². The number of aromatic nitrogens is 2. The van der Waals surface area contributed by atoms with Crippen LogP contribution in [0.5, 0.6) is 0 Å². The van der Waals surface area contributed by atoms with Crippen molar-refractivity contribution in [3.8, 4) is 0 Å². The second-order valence-electron chi connectivity index (χ2n) is 4.62. The molecule has 1 atom stereocenters.